The number of carbonyl (C=O) groups is 1. The van der Waals surface area contributed by atoms with Gasteiger partial charge in [0.15, 0.2) is 0 Å². The molecule has 0 aliphatic heterocycles. The van der Waals surface area contributed by atoms with Crippen molar-refractivity contribution in [1.82, 2.24) is 0 Å². The Bertz CT molecular complexity index is 300. The number of hydrogen-bond acceptors (Lipinski definition) is 1. The smallest absolute Gasteiger partial charge is 0.136 e. The Morgan fingerprint density at radius 1 is 1.20 bits per heavy atom. The van der Waals surface area contributed by atoms with E-state index in [-0.39, 0.29) is 0 Å². The summed E-state index contributed by atoms with van der Waals surface area (Å²) in [7, 11) is 0. The van der Waals surface area contributed by atoms with Crippen LogP contribution in [0.1, 0.15) is 31.2 Å². The minimum absolute atomic E-state index is 0.304. The highest BCUT2D eigenvalue weighted by atomic mass is 16.1. The highest BCUT2D eigenvalue weighted by molar-refractivity contribution is 5.79. The minimum atomic E-state index is 0.304. The number of unbranched alkanes of at least 4 members (excludes halogenated alkanes) is 1. The van der Waals surface area contributed by atoms with Crippen LogP contribution in [0.25, 0.3) is 0 Å². The fraction of sp³-hybridized carbons (Fsp3) is 0.357. The van der Waals surface area contributed by atoms with Gasteiger partial charge >= 0.3 is 0 Å². The van der Waals surface area contributed by atoms with Crippen LogP contribution >= 0.6 is 0 Å². The van der Waals surface area contributed by atoms with Crippen LogP contribution in [0.15, 0.2) is 43.0 Å². The van der Waals surface area contributed by atoms with E-state index in [1.165, 1.54) is 5.56 Å². The Balaban J connectivity index is 2.12. The second-order valence-electron chi connectivity index (χ2n) is 3.72. The number of hydrogen-bond donors (Lipinski definition) is 0. The first-order chi connectivity index (χ1) is 7.33. The molecule has 1 heteroatoms. The largest absolute Gasteiger partial charge is 0.299 e. The topological polar surface area (TPSA) is 17.1 Å². The van der Waals surface area contributed by atoms with E-state index in [2.05, 4.69) is 30.8 Å². The van der Waals surface area contributed by atoms with Crippen molar-refractivity contribution in [2.75, 3.05) is 0 Å². The molecular weight excluding hydrogens is 184 g/mol. The number of rotatable bonds is 7. The van der Waals surface area contributed by atoms with Crippen LogP contribution in [0.4, 0.5) is 0 Å². The first-order valence-electron chi connectivity index (χ1n) is 5.49. The summed E-state index contributed by atoms with van der Waals surface area (Å²) in [6, 6.07) is 10.4. The lowest BCUT2D eigenvalue weighted by Gasteiger charge is -2.00. The molecule has 15 heavy (non-hydrogen) atoms. The average molecular weight is 202 g/mol. The third-order valence-corrected chi connectivity index (χ3v) is 2.39. The molecular formula is C14H18O. The molecule has 0 saturated carbocycles. The van der Waals surface area contributed by atoms with E-state index in [1.54, 1.807) is 6.08 Å². The summed E-state index contributed by atoms with van der Waals surface area (Å²) in [5.74, 6) is 0.304. The fourth-order valence-corrected chi connectivity index (χ4v) is 1.56. The first-order valence-corrected chi connectivity index (χ1v) is 5.49. The lowest BCUT2D eigenvalue weighted by atomic mass is 10.1. The van der Waals surface area contributed by atoms with Crippen molar-refractivity contribution >= 4 is 5.78 Å². The van der Waals surface area contributed by atoms with Gasteiger partial charge in [-0.2, -0.15) is 0 Å². The molecule has 0 aliphatic carbocycles. The third-order valence-electron chi connectivity index (χ3n) is 2.39. The SMILES string of the molecule is C=CCC(=O)CCCCc1ccccc1. The molecule has 1 aromatic carbocycles. The standard InChI is InChI=1S/C14H18O/c1-2-8-14(15)12-7-6-11-13-9-4-3-5-10-13/h2-5,9-10H,1,6-8,11-12H2. The van der Waals surface area contributed by atoms with Gasteiger partial charge in [-0.15, -0.1) is 6.58 Å². The summed E-state index contributed by atoms with van der Waals surface area (Å²) in [4.78, 5) is 11.2. The molecule has 0 saturated heterocycles. The molecule has 0 bridgehead atoms. The molecule has 0 amide bonds. The van der Waals surface area contributed by atoms with E-state index in [1.807, 2.05) is 6.07 Å². The zero-order chi connectivity index (χ0) is 10.9. The van der Waals surface area contributed by atoms with Gasteiger partial charge in [0.1, 0.15) is 5.78 Å². The van der Waals surface area contributed by atoms with Crippen molar-refractivity contribution in [3.05, 3.63) is 48.6 Å². The molecule has 1 nitrogen and oxygen atoms in total. The highest BCUT2D eigenvalue weighted by Crippen LogP contribution is 2.07. The van der Waals surface area contributed by atoms with Crippen molar-refractivity contribution in [1.29, 1.82) is 0 Å². The summed E-state index contributed by atoms with van der Waals surface area (Å²) in [5, 5.41) is 0. The fourth-order valence-electron chi connectivity index (χ4n) is 1.56. The average Bonchev–Trinajstić information content (AvgIpc) is 2.26. The van der Waals surface area contributed by atoms with Crippen molar-refractivity contribution in [3.63, 3.8) is 0 Å². The minimum Gasteiger partial charge on any atom is -0.299 e. The molecule has 1 aromatic rings. The van der Waals surface area contributed by atoms with Gasteiger partial charge in [0.05, 0.1) is 0 Å². The van der Waals surface area contributed by atoms with Gasteiger partial charge in [0.25, 0.3) is 0 Å². The van der Waals surface area contributed by atoms with E-state index in [4.69, 9.17) is 0 Å². The number of carbonyl (C=O) groups excluding carboxylic acids is 1. The van der Waals surface area contributed by atoms with Crippen molar-refractivity contribution in [2.24, 2.45) is 0 Å². The zero-order valence-electron chi connectivity index (χ0n) is 9.11. The molecule has 0 spiro atoms. The summed E-state index contributed by atoms with van der Waals surface area (Å²) in [6.45, 7) is 3.56. The molecule has 0 fully saturated rings. The third kappa shape index (κ3) is 5.16. The quantitative estimate of drug-likeness (QED) is 0.488. The van der Waals surface area contributed by atoms with E-state index >= 15 is 0 Å². The van der Waals surface area contributed by atoms with Crippen LogP contribution < -0.4 is 0 Å². The molecule has 0 radical (unpaired) electrons. The summed E-state index contributed by atoms with van der Waals surface area (Å²) in [5.41, 5.74) is 1.36. The van der Waals surface area contributed by atoms with Crippen molar-refractivity contribution < 1.29 is 4.79 Å². The van der Waals surface area contributed by atoms with Crippen molar-refractivity contribution in [3.8, 4) is 0 Å². The van der Waals surface area contributed by atoms with Gasteiger partial charge in [-0.05, 0) is 24.8 Å². The second-order valence-corrected chi connectivity index (χ2v) is 3.72. The summed E-state index contributed by atoms with van der Waals surface area (Å²) >= 11 is 0. The van der Waals surface area contributed by atoms with E-state index in [0.717, 1.165) is 19.3 Å². The number of ketones is 1. The number of aryl methyl sites for hydroxylation is 1. The Hall–Kier alpha value is -1.37. The Labute approximate surface area is 91.8 Å². The van der Waals surface area contributed by atoms with Crippen LogP contribution in [0.3, 0.4) is 0 Å². The second kappa shape index (κ2) is 6.99. The van der Waals surface area contributed by atoms with Crippen LogP contribution in [0, 0.1) is 0 Å². The molecule has 80 valence electrons. The molecule has 0 N–H and O–H groups in total. The van der Waals surface area contributed by atoms with Gasteiger partial charge in [-0.3, -0.25) is 4.79 Å². The normalized spacial score (nSPS) is 9.87. The zero-order valence-corrected chi connectivity index (χ0v) is 9.11. The van der Waals surface area contributed by atoms with Gasteiger partial charge < -0.3 is 0 Å². The van der Waals surface area contributed by atoms with Crippen LogP contribution in [0.5, 0.6) is 0 Å². The van der Waals surface area contributed by atoms with E-state index < -0.39 is 0 Å². The summed E-state index contributed by atoms with van der Waals surface area (Å²) < 4.78 is 0. The van der Waals surface area contributed by atoms with Gasteiger partial charge in [-0.1, -0.05) is 36.4 Å². The monoisotopic (exact) mass is 202 g/mol. The first kappa shape index (κ1) is 11.7. The molecule has 0 aliphatic rings. The molecule has 0 unspecified atom stereocenters. The van der Waals surface area contributed by atoms with Crippen LogP contribution in [-0.2, 0) is 11.2 Å². The maximum absolute atomic E-state index is 11.2. The molecule has 0 heterocycles. The molecule has 0 atom stereocenters. The lowest BCUT2D eigenvalue weighted by molar-refractivity contribution is -0.118. The summed E-state index contributed by atoms with van der Waals surface area (Å²) in [6.07, 6.45) is 6.04. The maximum Gasteiger partial charge on any atom is 0.136 e. The van der Waals surface area contributed by atoms with Crippen LogP contribution in [-0.4, -0.2) is 5.78 Å². The van der Waals surface area contributed by atoms with Crippen molar-refractivity contribution in [2.45, 2.75) is 32.1 Å². The molecule has 1 rings (SSSR count). The maximum atomic E-state index is 11.2. The number of allylic oxidation sites excluding steroid dienone is 1. The van der Waals surface area contributed by atoms with E-state index in [9.17, 15) is 4.79 Å². The van der Waals surface area contributed by atoms with Crippen LogP contribution in [0.2, 0.25) is 0 Å². The number of Topliss-reactive ketones (excluding diaryl/α,β-unsaturated/α-hetero) is 1. The highest BCUT2D eigenvalue weighted by Gasteiger charge is 1.98. The van der Waals surface area contributed by atoms with E-state index in [0.29, 0.717) is 18.6 Å². The Morgan fingerprint density at radius 2 is 1.93 bits per heavy atom. The van der Waals surface area contributed by atoms with Gasteiger partial charge in [0, 0.05) is 12.8 Å². The predicted octanol–water partition coefficient (Wildman–Crippen LogP) is 3.54. The number of benzene rings is 1. The van der Waals surface area contributed by atoms with Gasteiger partial charge in [0.2, 0.25) is 0 Å². The Kier molecular flexibility index (Phi) is 5.46. The predicted molar refractivity (Wildman–Crippen MR) is 63.8 cm³/mol. The molecule has 0 aromatic heterocycles. The van der Waals surface area contributed by atoms with Gasteiger partial charge in [-0.25, -0.2) is 0 Å². The lowest BCUT2D eigenvalue weighted by Crippen LogP contribution is -1.95. The Morgan fingerprint density at radius 3 is 2.60 bits per heavy atom.